The van der Waals surface area contributed by atoms with Crippen LogP contribution in [0.15, 0.2) is 23.1 Å². The summed E-state index contributed by atoms with van der Waals surface area (Å²) in [7, 11) is 1.81. The van der Waals surface area contributed by atoms with Gasteiger partial charge in [-0.2, -0.15) is 0 Å². The Morgan fingerprint density at radius 1 is 1.43 bits per heavy atom. The molecule has 1 atom stereocenters. The van der Waals surface area contributed by atoms with Crippen LogP contribution in [0.5, 0.6) is 0 Å². The van der Waals surface area contributed by atoms with E-state index in [-0.39, 0.29) is 5.56 Å². The summed E-state index contributed by atoms with van der Waals surface area (Å²) in [6, 6.07) is 3.92. The molecule has 1 aromatic rings. The Morgan fingerprint density at radius 3 is 2.71 bits per heavy atom. The Morgan fingerprint density at radius 2 is 2.14 bits per heavy atom. The van der Waals surface area contributed by atoms with E-state index < -0.39 is 0 Å². The molecule has 2 heteroatoms. The van der Waals surface area contributed by atoms with Gasteiger partial charge in [-0.15, -0.1) is 0 Å². The van der Waals surface area contributed by atoms with Crippen molar-refractivity contribution in [2.75, 3.05) is 0 Å². The second-order valence-corrected chi connectivity index (χ2v) is 3.77. The first-order valence-corrected chi connectivity index (χ1v) is 5.36. The number of aryl methyl sites for hydroxylation is 1. The highest BCUT2D eigenvalue weighted by atomic mass is 16.1. The van der Waals surface area contributed by atoms with E-state index in [0.717, 1.165) is 24.8 Å². The Balaban J connectivity index is 3.04. The van der Waals surface area contributed by atoms with Crippen molar-refractivity contribution in [2.45, 2.75) is 39.0 Å². The second-order valence-electron chi connectivity index (χ2n) is 3.77. The van der Waals surface area contributed by atoms with Gasteiger partial charge >= 0.3 is 0 Å². The summed E-state index contributed by atoms with van der Waals surface area (Å²) in [6.07, 6.45) is 5.10. The minimum Gasteiger partial charge on any atom is -0.318 e. The van der Waals surface area contributed by atoms with Crippen molar-refractivity contribution in [1.82, 2.24) is 4.57 Å². The maximum Gasteiger partial charge on any atom is 0.253 e. The first kappa shape index (κ1) is 11.0. The zero-order valence-corrected chi connectivity index (χ0v) is 9.29. The standard InChI is InChI=1S/C12H19NO/c1-4-7-10(5-2)11-8-6-9-13(3)12(11)14/h6,8-10H,4-5,7H2,1-3H3. The van der Waals surface area contributed by atoms with E-state index in [9.17, 15) is 4.79 Å². The summed E-state index contributed by atoms with van der Waals surface area (Å²) in [4.78, 5) is 11.8. The molecule has 0 aliphatic rings. The number of hydrogen-bond acceptors (Lipinski definition) is 1. The van der Waals surface area contributed by atoms with Crippen molar-refractivity contribution in [2.24, 2.45) is 7.05 Å². The fraction of sp³-hybridized carbons (Fsp3) is 0.583. The van der Waals surface area contributed by atoms with Crippen LogP contribution in [0.1, 0.15) is 44.6 Å². The summed E-state index contributed by atoms with van der Waals surface area (Å²) in [5, 5.41) is 0. The van der Waals surface area contributed by atoms with Gasteiger partial charge in [0.2, 0.25) is 0 Å². The molecule has 0 saturated heterocycles. The van der Waals surface area contributed by atoms with Crippen molar-refractivity contribution in [1.29, 1.82) is 0 Å². The van der Waals surface area contributed by atoms with Gasteiger partial charge in [0.1, 0.15) is 0 Å². The Labute approximate surface area is 85.6 Å². The third-order valence-corrected chi connectivity index (χ3v) is 2.72. The third-order valence-electron chi connectivity index (χ3n) is 2.72. The van der Waals surface area contributed by atoms with Crippen LogP contribution in [0.25, 0.3) is 0 Å². The van der Waals surface area contributed by atoms with E-state index in [1.165, 1.54) is 0 Å². The molecule has 2 nitrogen and oxygen atoms in total. The van der Waals surface area contributed by atoms with E-state index in [1.807, 2.05) is 25.4 Å². The molecule has 0 bridgehead atoms. The van der Waals surface area contributed by atoms with Crippen LogP contribution in [0.4, 0.5) is 0 Å². The largest absolute Gasteiger partial charge is 0.318 e. The van der Waals surface area contributed by atoms with Gasteiger partial charge in [-0.1, -0.05) is 26.3 Å². The molecule has 0 amide bonds. The Hall–Kier alpha value is -1.05. The van der Waals surface area contributed by atoms with Crippen molar-refractivity contribution < 1.29 is 0 Å². The fourth-order valence-electron chi connectivity index (χ4n) is 1.86. The monoisotopic (exact) mass is 193 g/mol. The van der Waals surface area contributed by atoms with Crippen LogP contribution < -0.4 is 5.56 Å². The Kier molecular flexibility index (Phi) is 3.93. The summed E-state index contributed by atoms with van der Waals surface area (Å²) < 4.78 is 1.66. The predicted octanol–water partition coefficient (Wildman–Crippen LogP) is 2.68. The van der Waals surface area contributed by atoms with Gasteiger partial charge < -0.3 is 4.57 Å². The highest BCUT2D eigenvalue weighted by molar-refractivity contribution is 5.15. The summed E-state index contributed by atoms with van der Waals surface area (Å²) in [6.45, 7) is 4.31. The third kappa shape index (κ3) is 2.25. The van der Waals surface area contributed by atoms with E-state index in [2.05, 4.69) is 13.8 Å². The molecule has 78 valence electrons. The molecule has 0 radical (unpaired) electrons. The molecule has 1 unspecified atom stereocenters. The van der Waals surface area contributed by atoms with Crippen LogP contribution in [-0.4, -0.2) is 4.57 Å². The predicted molar refractivity (Wildman–Crippen MR) is 59.6 cm³/mol. The molecule has 0 N–H and O–H groups in total. The summed E-state index contributed by atoms with van der Waals surface area (Å²) in [5.74, 6) is 0.430. The molecule has 1 aromatic heterocycles. The molecule has 1 rings (SSSR count). The van der Waals surface area contributed by atoms with Gasteiger partial charge in [-0.3, -0.25) is 4.79 Å². The number of nitrogens with zero attached hydrogens (tertiary/aromatic N) is 1. The molecule has 0 spiro atoms. The average Bonchev–Trinajstić information content (AvgIpc) is 2.19. The zero-order chi connectivity index (χ0) is 10.6. The maximum atomic E-state index is 11.8. The van der Waals surface area contributed by atoms with Crippen molar-refractivity contribution in [3.05, 3.63) is 34.2 Å². The topological polar surface area (TPSA) is 22.0 Å². The molecular weight excluding hydrogens is 174 g/mol. The first-order valence-electron chi connectivity index (χ1n) is 5.36. The molecule has 0 aliphatic heterocycles. The molecule has 14 heavy (non-hydrogen) atoms. The van der Waals surface area contributed by atoms with E-state index >= 15 is 0 Å². The van der Waals surface area contributed by atoms with E-state index in [1.54, 1.807) is 4.57 Å². The first-order chi connectivity index (χ1) is 6.70. The van der Waals surface area contributed by atoms with Gasteiger partial charge in [0.25, 0.3) is 5.56 Å². The maximum absolute atomic E-state index is 11.8. The molecule has 1 heterocycles. The van der Waals surface area contributed by atoms with Gasteiger partial charge in [-0.05, 0) is 24.8 Å². The van der Waals surface area contributed by atoms with Crippen molar-refractivity contribution >= 4 is 0 Å². The lowest BCUT2D eigenvalue weighted by atomic mass is 9.93. The zero-order valence-electron chi connectivity index (χ0n) is 9.29. The van der Waals surface area contributed by atoms with Crippen LogP contribution in [0.2, 0.25) is 0 Å². The van der Waals surface area contributed by atoms with Crippen molar-refractivity contribution in [3.8, 4) is 0 Å². The van der Waals surface area contributed by atoms with Crippen LogP contribution in [0.3, 0.4) is 0 Å². The highest BCUT2D eigenvalue weighted by Crippen LogP contribution is 2.21. The summed E-state index contributed by atoms with van der Waals surface area (Å²) >= 11 is 0. The fourth-order valence-corrected chi connectivity index (χ4v) is 1.86. The van der Waals surface area contributed by atoms with Crippen LogP contribution in [0, 0.1) is 0 Å². The minimum absolute atomic E-state index is 0.160. The van der Waals surface area contributed by atoms with Crippen LogP contribution >= 0.6 is 0 Å². The normalized spacial score (nSPS) is 12.8. The van der Waals surface area contributed by atoms with Crippen molar-refractivity contribution in [3.63, 3.8) is 0 Å². The number of pyridine rings is 1. The summed E-state index contributed by atoms with van der Waals surface area (Å²) in [5.41, 5.74) is 1.13. The van der Waals surface area contributed by atoms with E-state index in [4.69, 9.17) is 0 Å². The van der Waals surface area contributed by atoms with Gasteiger partial charge in [0.15, 0.2) is 0 Å². The lowest BCUT2D eigenvalue weighted by Crippen LogP contribution is -2.22. The second kappa shape index (κ2) is 4.99. The quantitative estimate of drug-likeness (QED) is 0.720. The van der Waals surface area contributed by atoms with E-state index in [0.29, 0.717) is 5.92 Å². The smallest absolute Gasteiger partial charge is 0.253 e. The molecule has 0 aromatic carbocycles. The van der Waals surface area contributed by atoms with Gasteiger partial charge in [0, 0.05) is 18.8 Å². The number of hydrogen-bond donors (Lipinski definition) is 0. The molecule has 0 fully saturated rings. The van der Waals surface area contributed by atoms with Gasteiger partial charge in [0.05, 0.1) is 0 Å². The lowest BCUT2D eigenvalue weighted by Gasteiger charge is -2.13. The molecular formula is C12H19NO. The van der Waals surface area contributed by atoms with Gasteiger partial charge in [-0.25, -0.2) is 0 Å². The van der Waals surface area contributed by atoms with Crippen LogP contribution in [-0.2, 0) is 7.05 Å². The Bertz CT molecular complexity index is 340. The minimum atomic E-state index is 0.160. The average molecular weight is 193 g/mol. The lowest BCUT2D eigenvalue weighted by molar-refractivity contribution is 0.584. The SMILES string of the molecule is CCCC(CC)c1cccn(C)c1=O. The highest BCUT2D eigenvalue weighted by Gasteiger charge is 2.12. The molecule has 0 saturated carbocycles. The number of aromatic nitrogens is 1. The number of rotatable bonds is 4. The molecule has 0 aliphatic carbocycles.